The maximum Gasteiger partial charge on any atom is 0.437 e. The second kappa shape index (κ2) is 6.06. The van der Waals surface area contributed by atoms with Gasteiger partial charge in [0.1, 0.15) is 0 Å². The molecule has 0 radical (unpaired) electrons. The minimum absolute atomic E-state index is 0.654. The van der Waals surface area contributed by atoms with E-state index in [0.717, 1.165) is 0 Å². The summed E-state index contributed by atoms with van der Waals surface area (Å²) in [5.74, 6) is 0. The smallest absolute Gasteiger partial charge is 0.240 e. The van der Waals surface area contributed by atoms with Crippen LogP contribution < -0.4 is 0 Å². The van der Waals surface area contributed by atoms with Gasteiger partial charge in [0.2, 0.25) is 0 Å². The van der Waals surface area contributed by atoms with Gasteiger partial charge in [-0.3, -0.25) is 0 Å². The van der Waals surface area contributed by atoms with Gasteiger partial charge in [-0.2, -0.15) is 47.9 Å². The molecule has 0 aliphatic rings. The third-order valence-electron chi connectivity index (χ3n) is 2.53. The summed E-state index contributed by atoms with van der Waals surface area (Å²) in [5.41, 5.74) is -9.17. The molecule has 0 aliphatic heterocycles. The highest BCUT2D eigenvalue weighted by atomic mass is 32.3. The van der Waals surface area contributed by atoms with Crippen molar-refractivity contribution >= 4 is 10.5 Å². The molecule has 138 valence electrons. The molecule has 0 saturated carbocycles. The Bertz CT molecular complexity index is 679. The molecule has 1 aromatic rings. The van der Waals surface area contributed by atoms with Crippen molar-refractivity contribution in [3.8, 4) is 0 Å². The van der Waals surface area contributed by atoms with E-state index in [1.165, 1.54) is 0 Å². The number of alkyl halides is 9. The molecule has 24 heavy (non-hydrogen) atoms. The Morgan fingerprint density at radius 2 is 1.17 bits per heavy atom. The molecule has 0 saturated heterocycles. The largest absolute Gasteiger partial charge is 0.437 e. The molecule has 1 aromatic carbocycles. The van der Waals surface area contributed by atoms with E-state index in [2.05, 4.69) is 4.18 Å². The molecule has 0 spiro atoms. The first-order chi connectivity index (χ1) is 10.4. The summed E-state index contributed by atoms with van der Waals surface area (Å²) in [5, 5.41) is 0. The summed E-state index contributed by atoms with van der Waals surface area (Å²) in [6.07, 6.45) is -17.0. The summed E-state index contributed by atoms with van der Waals surface area (Å²) < 4.78 is 150. The maximum atomic E-state index is 12.8. The van der Waals surface area contributed by atoms with Crippen molar-refractivity contribution in [2.45, 2.75) is 25.1 Å². The number of halogens is 10. The Kier molecular flexibility index (Phi) is 5.17. The van der Waals surface area contributed by atoms with Gasteiger partial charge in [-0.25, -0.2) is 4.18 Å². The predicted molar refractivity (Wildman–Crippen MR) is 56.3 cm³/mol. The third kappa shape index (κ3) is 5.22. The average Bonchev–Trinajstić information content (AvgIpc) is 2.30. The van der Waals surface area contributed by atoms with Crippen molar-refractivity contribution in [1.29, 1.82) is 0 Å². The van der Waals surface area contributed by atoms with E-state index < -0.39 is 70.0 Å². The van der Waals surface area contributed by atoms with Crippen LogP contribution in [0.3, 0.4) is 0 Å². The standard InChI is InChI=1S/C10H4F10O3S/c11-8(12,13)4-1-6(9(14,15)16)5(3-23-24(20,21)22)7(2-4)10(17,18)19/h1-2H,3H2. The zero-order valence-electron chi connectivity index (χ0n) is 10.8. The summed E-state index contributed by atoms with van der Waals surface area (Å²) in [4.78, 5) is 0. The maximum absolute atomic E-state index is 12.8. The number of hydrogen-bond acceptors (Lipinski definition) is 3. The van der Waals surface area contributed by atoms with Crippen LogP contribution in [0, 0.1) is 0 Å². The first-order valence-corrected chi connectivity index (χ1v) is 6.71. The highest BCUT2D eigenvalue weighted by molar-refractivity contribution is 7.81. The Balaban J connectivity index is 3.74. The minimum Gasteiger partial charge on any atom is -0.240 e. The summed E-state index contributed by atoms with van der Waals surface area (Å²) in [6.45, 7) is -2.10. The monoisotopic (exact) mass is 394 g/mol. The van der Waals surface area contributed by atoms with E-state index in [-0.39, 0.29) is 0 Å². The van der Waals surface area contributed by atoms with Crippen LogP contribution in [0.15, 0.2) is 12.1 Å². The van der Waals surface area contributed by atoms with Crippen LogP contribution in [0.1, 0.15) is 22.3 Å². The van der Waals surface area contributed by atoms with Gasteiger partial charge in [-0.05, 0) is 12.1 Å². The van der Waals surface area contributed by atoms with Crippen LogP contribution in [-0.2, 0) is 39.8 Å². The van der Waals surface area contributed by atoms with Gasteiger partial charge in [0, 0.05) is 5.56 Å². The normalized spacial score (nSPS) is 14.1. The minimum atomic E-state index is -5.94. The fraction of sp³-hybridized carbons (Fsp3) is 0.400. The second-order valence-electron chi connectivity index (χ2n) is 4.20. The lowest BCUT2D eigenvalue weighted by Crippen LogP contribution is -2.20. The Morgan fingerprint density at radius 1 is 0.792 bits per heavy atom. The van der Waals surface area contributed by atoms with Gasteiger partial charge in [0.15, 0.2) is 0 Å². The predicted octanol–water partition coefficient (Wildman–Crippen LogP) is 4.47. The van der Waals surface area contributed by atoms with Crippen LogP contribution in [-0.4, -0.2) is 8.42 Å². The highest BCUT2D eigenvalue weighted by Gasteiger charge is 2.44. The van der Waals surface area contributed by atoms with Crippen molar-refractivity contribution < 1.29 is 56.0 Å². The van der Waals surface area contributed by atoms with E-state index in [1.807, 2.05) is 0 Å². The molecular formula is C10H4F10O3S. The van der Waals surface area contributed by atoms with Crippen molar-refractivity contribution in [2.24, 2.45) is 0 Å². The molecule has 0 aromatic heterocycles. The van der Waals surface area contributed by atoms with Crippen LogP contribution in [0.25, 0.3) is 0 Å². The van der Waals surface area contributed by atoms with Crippen molar-refractivity contribution in [1.82, 2.24) is 0 Å². The lowest BCUT2D eigenvalue weighted by molar-refractivity contribution is -0.150. The molecule has 0 heterocycles. The van der Waals surface area contributed by atoms with Gasteiger partial charge in [-0.15, -0.1) is 0 Å². The van der Waals surface area contributed by atoms with E-state index >= 15 is 0 Å². The van der Waals surface area contributed by atoms with Crippen molar-refractivity contribution in [3.05, 3.63) is 34.4 Å². The molecule has 14 heteroatoms. The lowest BCUT2D eigenvalue weighted by Gasteiger charge is -2.20. The average molecular weight is 394 g/mol. The Labute approximate surface area is 127 Å². The molecule has 0 bridgehead atoms. The van der Waals surface area contributed by atoms with E-state index in [9.17, 15) is 51.8 Å². The zero-order chi connectivity index (χ0) is 19.1. The number of rotatable bonds is 3. The van der Waals surface area contributed by atoms with E-state index in [1.54, 1.807) is 0 Å². The lowest BCUT2D eigenvalue weighted by atomic mass is 9.96. The van der Waals surface area contributed by atoms with Crippen molar-refractivity contribution in [3.63, 3.8) is 0 Å². The third-order valence-corrected chi connectivity index (χ3v) is 2.93. The first-order valence-electron chi connectivity index (χ1n) is 5.40. The van der Waals surface area contributed by atoms with Gasteiger partial charge >= 0.3 is 29.0 Å². The SMILES string of the molecule is O=S(=O)(F)OCc1c(C(F)(F)F)cc(C(F)(F)F)cc1C(F)(F)F. The summed E-state index contributed by atoms with van der Waals surface area (Å²) in [6, 6.07) is -1.31. The molecule has 0 aliphatic carbocycles. The van der Waals surface area contributed by atoms with Crippen LogP contribution >= 0.6 is 0 Å². The summed E-state index contributed by atoms with van der Waals surface area (Å²) in [7, 11) is -5.94. The zero-order valence-corrected chi connectivity index (χ0v) is 11.6. The quantitative estimate of drug-likeness (QED) is 0.561. The molecular weight excluding hydrogens is 390 g/mol. The fourth-order valence-electron chi connectivity index (χ4n) is 1.63. The molecule has 0 atom stereocenters. The van der Waals surface area contributed by atoms with E-state index in [0.29, 0.717) is 0 Å². The molecule has 0 amide bonds. The highest BCUT2D eigenvalue weighted by Crippen LogP contribution is 2.43. The van der Waals surface area contributed by atoms with E-state index in [4.69, 9.17) is 0 Å². The summed E-state index contributed by atoms with van der Waals surface area (Å²) >= 11 is 0. The first kappa shape index (κ1) is 20.5. The van der Waals surface area contributed by atoms with Crippen LogP contribution in [0.4, 0.5) is 43.4 Å². The molecule has 0 fully saturated rings. The fourth-order valence-corrected chi connectivity index (χ4v) is 1.88. The topological polar surface area (TPSA) is 43.4 Å². The van der Waals surface area contributed by atoms with Gasteiger partial charge in [0.25, 0.3) is 0 Å². The number of hydrogen-bond donors (Lipinski definition) is 0. The van der Waals surface area contributed by atoms with Gasteiger partial charge in [0.05, 0.1) is 23.3 Å². The van der Waals surface area contributed by atoms with Crippen molar-refractivity contribution in [2.75, 3.05) is 0 Å². The molecule has 0 unspecified atom stereocenters. The molecule has 0 N–H and O–H groups in total. The molecule has 1 rings (SSSR count). The van der Waals surface area contributed by atoms with Gasteiger partial charge in [-0.1, -0.05) is 3.89 Å². The van der Waals surface area contributed by atoms with Crippen LogP contribution in [0.5, 0.6) is 0 Å². The number of benzene rings is 1. The van der Waals surface area contributed by atoms with Gasteiger partial charge < -0.3 is 0 Å². The Morgan fingerprint density at radius 3 is 1.42 bits per heavy atom. The van der Waals surface area contributed by atoms with Crippen LogP contribution in [0.2, 0.25) is 0 Å². The molecule has 3 nitrogen and oxygen atoms in total. The Hall–Kier alpha value is -1.57. The second-order valence-corrected chi connectivity index (χ2v) is 5.22.